The van der Waals surface area contributed by atoms with E-state index in [1.54, 1.807) is 6.20 Å². The van der Waals surface area contributed by atoms with Crippen molar-refractivity contribution < 1.29 is 13.5 Å². The number of nitrogens with zero attached hydrogens (tertiary/aromatic N) is 1. The lowest BCUT2D eigenvalue weighted by Crippen LogP contribution is -2.03. The third-order valence-electron chi connectivity index (χ3n) is 2.62. The largest absolute Gasteiger partial charge is 0.487 e. The number of anilines is 1. The molecule has 0 spiro atoms. The second kappa shape index (κ2) is 6.84. The molecule has 0 amide bonds. The highest BCUT2D eigenvalue weighted by molar-refractivity contribution is 5.43. The van der Waals surface area contributed by atoms with Gasteiger partial charge in [0.2, 0.25) is 0 Å². The highest BCUT2D eigenvalue weighted by Crippen LogP contribution is 2.17. The number of hydrogen-bond donors (Lipinski definition) is 1. The zero-order valence-corrected chi connectivity index (χ0v) is 11.2. The molecular formula is C15H16F2N2O. The summed E-state index contributed by atoms with van der Waals surface area (Å²) < 4.78 is 31.4. The number of hydrogen-bond acceptors (Lipinski definition) is 3. The van der Waals surface area contributed by atoms with Crippen LogP contribution in [0.2, 0.25) is 0 Å². The monoisotopic (exact) mass is 278 g/mol. The number of pyridine rings is 1. The van der Waals surface area contributed by atoms with Crippen LogP contribution in [0.4, 0.5) is 14.5 Å². The van der Waals surface area contributed by atoms with Crippen molar-refractivity contribution in [3.8, 4) is 5.75 Å². The van der Waals surface area contributed by atoms with Gasteiger partial charge in [-0.2, -0.15) is 0 Å². The van der Waals surface area contributed by atoms with E-state index in [4.69, 9.17) is 4.74 Å². The minimum Gasteiger partial charge on any atom is -0.487 e. The molecule has 0 atom stereocenters. The summed E-state index contributed by atoms with van der Waals surface area (Å²) >= 11 is 0. The average molecular weight is 278 g/mol. The van der Waals surface area contributed by atoms with E-state index in [1.165, 1.54) is 0 Å². The van der Waals surface area contributed by atoms with Gasteiger partial charge in [-0.3, -0.25) is 4.98 Å². The Kier molecular flexibility index (Phi) is 4.87. The number of aromatic nitrogens is 1. The molecule has 106 valence electrons. The summed E-state index contributed by atoms with van der Waals surface area (Å²) in [6.45, 7) is 3.11. The van der Waals surface area contributed by atoms with Crippen LogP contribution in [0.15, 0.2) is 36.5 Å². The van der Waals surface area contributed by atoms with Crippen molar-refractivity contribution in [2.24, 2.45) is 0 Å². The molecule has 0 aliphatic carbocycles. The molecule has 0 bridgehead atoms. The van der Waals surface area contributed by atoms with Gasteiger partial charge in [0.15, 0.2) is 0 Å². The molecule has 0 radical (unpaired) electrons. The first kappa shape index (κ1) is 14.2. The molecule has 2 rings (SSSR count). The third-order valence-corrected chi connectivity index (χ3v) is 2.62. The predicted molar refractivity (Wildman–Crippen MR) is 73.7 cm³/mol. The third kappa shape index (κ3) is 4.19. The Morgan fingerprint density at radius 2 is 1.90 bits per heavy atom. The van der Waals surface area contributed by atoms with E-state index < -0.39 is 11.6 Å². The quantitative estimate of drug-likeness (QED) is 0.873. The van der Waals surface area contributed by atoms with Gasteiger partial charge in [0.1, 0.15) is 24.0 Å². The maximum Gasteiger partial charge on any atom is 0.130 e. The van der Waals surface area contributed by atoms with Crippen LogP contribution in [0, 0.1) is 11.6 Å². The van der Waals surface area contributed by atoms with Crippen LogP contribution in [0.1, 0.15) is 19.0 Å². The van der Waals surface area contributed by atoms with Crippen LogP contribution in [0.3, 0.4) is 0 Å². The molecule has 20 heavy (non-hydrogen) atoms. The van der Waals surface area contributed by atoms with Crippen molar-refractivity contribution in [1.82, 2.24) is 4.98 Å². The van der Waals surface area contributed by atoms with E-state index in [-0.39, 0.29) is 12.4 Å². The molecule has 2 aromatic rings. The highest BCUT2D eigenvalue weighted by Gasteiger charge is 2.03. The van der Waals surface area contributed by atoms with Crippen molar-refractivity contribution in [2.75, 3.05) is 11.9 Å². The smallest absolute Gasteiger partial charge is 0.130 e. The van der Waals surface area contributed by atoms with Crippen LogP contribution < -0.4 is 10.1 Å². The van der Waals surface area contributed by atoms with Crippen molar-refractivity contribution >= 4 is 5.69 Å². The van der Waals surface area contributed by atoms with Crippen LogP contribution in [0.25, 0.3) is 0 Å². The summed E-state index contributed by atoms with van der Waals surface area (Å²) in [5.74, 6) is -1.17. The highest BCUT2D eigenvalue weighted by atomic mass is 19.1. The number of ether oxygens (including phenoxy) is 1. The predicted octanol–water partition coefficient (Wildman–Crippen LogP) is 3.76. The van der Waals surface area contributed by atoms with Gasteiger partial charge in [0.25, 0.3) is 0 Å². The van der Waals surface area contributed by atoms with E-state index in [0.29, 0.717) is 5.69 Å². The minimum atomic E-state index is -0.661. The zero-order valence-electron chi connectivity index (χ0n) is 11.2. The summed E-state index contributed by atoms with van der Waals surface area (Å²) in [5, 5.41) is 3.24. The fraction of sp³-hybridized carbons (Fsp3) is 0.267. The topological polar surface area (TPSA) is 34.2 Å². The van der Waals surface area contributed by atoms with Gasteiger partial charge in [0.05, 0.1) is 5.69 Å². The summed E-state index contributed by atoms with van der Waals surface area (Å²) in [5.41, 5.74) is 1.64. The van der Waals surface area contributed by atoms with E-state index in [9.17, 15) is 8.78 Å². The van der Waals surface area contributed by atoms with E-state index in [2.05, 4.69) is 17.2 Å². The second-order valence-corrected chi connectivity index (χ2v) is 4.36. The molecule has 1 heterocycles. The Labute approximate surface area is 116 Å². The first-order chi connectivity index (χ1) is 9.67. The molecule has 1 aromatic heterocycles. The maximum absolute atomic E-state index is 13.0. The fourth-order valence-electron chi connectivity index (χ4n) is 1.71. The first-order valence-corrected chi connectivity index (χ1v) is 6.45. The van der Waals surface area contributed by atoms with Gasteiger partial charge in [-0.25, -0.2) is 8.78 Å². The van der Waals surface area contributed by atoms with Gasteiger partial charge in [0, 0.05) is 36.6 Å². The van der Waals surface area contributed by atoms with Crippen molar-refractivity contribution in [1.29, 1.82) is 0 Å². The van der Waals surface area contributed by atoms with Gasteiger partial charge < -0.3 is 10.1 Å². The molecule has 0 aliphatic heterocycles. The van der Waals surface area contributed by atoms with Gasteiger partial charge in [-0.15, -0.1) is 0 Å². The Morgan fingerprint density at radius 3 is 2.60 bits per heavy atom. The van der Waals surface area contributed by atoms with Crippen molar-refractivity contribution in [3.63, 3.8) is 0 Å². The molecule has 0 unspecified atom stereocenters. The van der Waals surface area contributed by atoms with Crippen LogP contribution in [-0.2, 0) is 6.61 Å². The number of benzene rings is 1. The van der Waals surface area contributed by atoms with Crippen molar-refractivity contribution in [3.05, 3.63) is 53.9 Å². The lowest BCUT2D eigenvalue weighted by molar-refractivity contribution is 0.298. The molecule has 0 fully saturated rings. The van der Waals surface area contributed by atoms with Gasteiger partial charge >= 0.3 is 0 Å². The maximum atomic E-state index is 13.0. The molecule has 1 N–H and O–H groups in total. The van der Waals surface area contributed by atoms with Crippen LogP contribution >= 0.6 is 0 Å². The summed E-state index contributed by atoms with van der Waals surface area (Å²) in [7, 11) is 0. The van der Waals surface area contributed by atoms with Crippen LogP contribution in [-0.4, -0.2) is 11.5 Å². The Bertz CT molecular complexity index is 555. The Balaban J connectivity index is 1.99. The average Bonchev–Trinajstić information content (AvgIpc) is 2.42. The van der Waals surface area contributed by atoms with E-state index >= 15 is 0 Å². The molecule has 0 aliphatic rings. The normalized spacial score (nSPS) is 10.3. The first-order valence-electron chi connectivity index (χ1n) is 6.45. The zero-order chi connectivity index (χ0) is 14.4. The number of nitrogens with one attached hydrogen (secondary N) is 1. The summed E-state index contributed by atoms with van der Waals surface area (Å²) in [4.78, 5) is 4.15. The van der Waals surface area contributed by atoms with Gasteiger partial charge in [-0.1, -0.05) is 6.92 Å². The molecule has 3 nitrogen and oxygen atoms in total. The lowest BCUT2D eigenvalue weighted by Gasteiger charge is -2.08. The molecule has 5 heteroatoms. The Hall–Kier alpha value is -2.17. The molecule has 0 saturated heterocycles. The number of rotatable bonds is 6. The van der Waals surface area contributed by atoms with E-state index in [0.717, 1.165) is 36.9 Å². The minimum absolute atomic E-state index is 0.149. The number of halogens is 2. The lowest BCUT2D eigenvalue weighted by atomic mass is 10.3. The van der Waals surface area contributed by atoms with Crippen molar-refractivity contribution in [2.45, 2.75) is 20.0 Å². The standard InChI is InChI=1S/C15H16F2N2O/c1-2-4-18-13-3-5-19-14(9-13)10-20-15-7-11(16)6-12(17)8-15/h3,5-9H,2,4,10H2,1H3,(H,18,19). The Morgan fingerprint density at radius 1 is 1.15 bits per heavy atom. The SMILES string of the molecule is CCCNc1ccnc(COc2cc(F)cc(F)c2)c1. The van der Waals surface area contributed by atoms with Crippen LogP contribution in [0.5, 0.6) is 5.75 Å². The van der Waals surface area contributed by atoms with Gasteiger partial charge in [-0.05, 0) is 18.6 Å². The fourth-order valence-corrected chi connectivity index (χ4v) is 1.71. The molecule has 1 aromatic carbocycles. The molecule has 0 saturated carbocycles. The summed E-state index contributed by atoms with van der Waals surface area (Å²) in [6, 6.07) is 6.80. The summed E-state index contributed by atoms with van der Waals surface area (Å²) in [6.07, 6.45) is 2.69. The van der Waals surface area contributed by atoms with E-state index in [1.807, 2.05) is 12.1 Å². The second-order valence-electron chi connectivity index (χ2n) is 4.36. The molecular weight excluding hydrogens is 262 g/mol.